The van der Waals surface area contributed by atoms with Crippen molar-refractivity contribution in [1.82, 2.24) is 19.9 Å². The van der Waals surface area contributed by atoms with Gasteiger partial charge in [-0.25, -0.2) is 19.9 Å². The molecule has 2 unspecified atom stereocenters. The third kappa shape index (κ3) is 3.96. The van der Waals surface area contributed by atoms with Crippen molar-refractivity contribution in [3.63, 3.8) is 0 Å². The first kappa shape index (κ1) is 28.5. The average Bonchev–Trinajstić information content (AvgIpc) is 3.01. The summed E-state index contributed by atoms with van der Waals surface area (Å²) in [5.41, 5.74) is 18.8. The molecular formula is C41H44N4. The van der Waals surface area contributed by atoms with E-state index in [0.29, 0.717) is 17.8 Å². The highest BCUT2D eigenvalue weighted by molar-refractivity contribution is 5.91. The summed E-state index contributed by atoms with van der Waals surface area (Å²) in [5.74, 6) is 1.35. The number of hydrogen-bond donors (Lipinski definition) is 0. The molecule has 2 atom stereocenters. The molecule has 2 aromatic heterocycles. The number of fused-ring (bicyclic) bond motifs is 5. The fourth-order valence-corrected chi connectivity index (χ4v) is 8.63. The number of rotatable bonds is 4. The van der Waals surface area contributed by atoms with Crippen molar-refractivity contribution in [2.24, 2.45) is 0 Å². The van der Waals surface area contributed by atoms with Gasteiger partial charge in [-0.05, 0) is 130 Å². The first-order valence-electron chi connectivity index (χ1n) is 17.0. The predicted molar refractivity (Wildman–Crippen MR) is 188 cm³/mol. The van der Waals surface area contributed by atoms with Crippen LogP contribution in [-0.4, -0.2) is 19.9 Å². The van der Waals surface area contributed by atoms with E-state index >= 15 is 0 Å². The highest BCUT2D eigenvalue weighted by atomic mass is 14.8. The molecule has 6 aromatic rings. The molecule has 0 radical (unpaired) electrons. The van der Waals surface area contributed by atoms with Crippen molar-refractivity contribution in [2.75, 3.05) is 0 Å². The van der Waals surface area contributed by atoms with E-state index in [1.807, 2.05) is 0 Å². The molecular weight excluding hydrogens is 548 g/mol. The zero-order valence-electron chi connectivity index (χ0n) is 28.3. The molecule has 3 aliphatic carbocycles. The van der Waals surface area contributed by atoms with Crippen LogP contribution >= 0.6 is 0 Å². The van der Waals surface area contributed by atoms with Crippen LogP contribution < -0.4 is 0 Å². The summed E-state index contributed by atoms with van der Waals surface area (Å²) in [7, 11) is 0. The lowest BCUT2D eigenvalue weighted by Crippen LogP contribution is -2.46. The molecule has 45 heavy (non-hydrogen) atoms. The Balaban J connectivity index is 1.35. The molecule has 9 rings (SSSR count). The lowest BCUT2D eigenvalue weighted by molar-refractivity contribution is 0.328. The summed E-state index contributed by atoms with van der Waals surface area (Å²) < 4.78 is 0. The van der Waals surface area contributed by atoms with Crippen molar-refractivity contribution in [3.8, 4) is 0 Å². The van der Waals surface area contributed by atoms with E-state index in [0.717, 1.165) is 63.4 Å². The fraction of sp³-hybridized carbons (Fsp3) is 0.415. The van der Waals surface area contributed by atoms with Gasteiger partial charge in [0.1, 0.15) is 0 Å². The molecule has 0 spiro atoms. The number of benzene rings is 4. The molecule has 0 saturated heterocycles. The normalized spacial score (nSPS) is 20.8. The molecule has 0 N–H and O–H groups in total. The van der Waals surface area contributed by atoms with E-state index in [2.05, 4.69) is 111 Å². The second-order valence-electron chi connectivity index (χ2n) is 15.2. The van der Waals surface area contributed by atoms with Crippen molar-refractivity contribution in [1.29, 1.82) is 0 Å². The van der Waals surface area contributed by atoms with Gasteiger partial charge in [-0.15, -0.1) is 0 Å². The maximum atomic E-state index is 5.26. The van der Waals surface area contributed by atoms with E-state index in [1.165, 1.54) is 44.5 Å². The highest BCUT2D eigenvalue weighted by Gasteiger charge is 2.51. The summed E-state index contributed by atoms with van der Waals surface area (Å²) in [4.78, 5) is 21.0. The zero-order chi connectivity index (χ0) is 31.6. The molecule has 0 fully saturated rings. The minimum atomic E-state index is -0.113. The van der Waals surface area contributed by atoms with Gasteiger partial charge in [0.05, 0.1) is 44.1 Å². The van der Waals surface area contributed by atoms with Gasteiger partial charge >= 0.3 is 0 Å². The molecule has 2 heterocycles. The minimum Gasteiger partial charge on any atom is -0.244 e. The van der Waals surface area contributed by atoms with Crippen molar-refractivity contribution >= 4 is 44.1 Å². The highest BCUT2D eigenvalue weighted by Crippen LogP contribution is 2.60. The lowest BCUT2D eigenvalue weighted by Gasteiger charge is -2.53. The van der Waals surface area contributed by atoms with Crippen LogP contribution in [0.1, 0.15) is 137 Å². The van der Waals surface area contributed by atoms with Gasteiger partial charge in [-0.1, -0.05) is 62.3 Å². The Morgan fingerprint density at radius 1 is 0.467 bits per heavy atom. The molecule has 4 nitrogen and oxygen atoms in total. The van der Waals surface area contributed by atoms with Crippen LogP contribution in [0.3, 0.4) is 0 Å². The summed E-state index contributed by atoms with van der Waals surface area (Å²) in [6.45, 7) is 20.7. The second-order valence-corrected chi connectivity index (χ2v) is 15.2. The largest absolute Gasteiger partial charge is 0.244 e. The first-order chi connectivity index (χ1) is 21.4. The number of aromatic nitrogens is 4. The van der Waals surface area contributed by atoms with E-state index in [-0.39, 0.29) is 10.8 Å². The Labute approximate surface area is 266 Å². The maximum Gasteiger partial charge on any atom is 0.0897 e. The molecule has 228 valence electrons. The van der Waals surface area contributed by atoms with Crippen LogP contribution in [0, 0.1) is 0 Å². The Bertz CT molecular complexity index is 2230. The van der Waals surface area contributed by atoms with Gasteiger partial charge < -0.3 is 0 Å². The topological polar surface area (TPSA) is 51.6 Å². The number of hydrogen-bond acceptors (Lipinski definition) is 4. The Kier molecular flexibility index (Phi) is 6.06. The Morgan fingerprint density at radius 2 is 0.756 bits per heavy atom. The molecule has 3 aliphatic rings. The lowest BCUT2D eigenvalue weighted by atomic mass is 9.50. The van der Waals surface area contributed by atoms with Crippen LogP contribution in [0.4, 0.5) is 0 Å². The van der Waals surface area contributed by atoms with Crippen LogP contribution in [-0.2, 0) is 17.3 Å². The summed E-state index contributed by atoms with van der Waals surface area (Å²) in [6.07, 6.45) is 3.22. The van der Waals surface area contributed by atoms with Gasteiger partial charge in [-0.3, -0.25) is 0 Å². The molecule has 2 bridgehead atoms. The Morgan fingerprint density at radius 3 is 1.07 bits per heavy atom. The van der Waals surface area contributed by atoms with Crippen LogP contribution in [0.25, 0.3) is 44.1 Å². The summed E-state index contributed by atoms with van der Waals surface area (Å²) >= 11 is 0. The average molecular weight is 593 g/mol. The molecule has 0 aliphatic heterocycles. The van der Waals surface area contributed by atoms with E-state index in [1.54, 1.807) is 0 Å². The number of nitrogens with zero attached hydrogens (tertiary/aromatic N) is 4. The zero-order valence-corrected chi connectivity index (χ0v) is 28.3. The summed E-state index contributed by atoms with van der Waals surface area (Å²) in [5, 5.41) is 0. The van der Waals surface area contributed by atoms with Gasteiger partial charge in [0.25, 0.3) is 0 Å². The predicted octanol–water partition coefficient (Wildman–Crippen LogP) is 10.5. The van der Waals surface area contributed by atoms with Gasteiger partial charge in [0.15, 0.2) is 0 Å². The van der Waals surface area contributed by atoms with Crippen molar-refractivity contribution in [3.05, 3.63) is 93.0 Å². The standard InChI is InChI=1S/C41H44N4/c1-10-24-13-32-33(14-25(24)21(2)3)43-37-18-29-28(17-36(37)42-32)40(8)11-12-41(29,9)31-20-39-38(19-30(31)40)44-34-15-26(22(4)5)27(23(6)7)16-35(34)45-39/h13-23H,10-12H2,1-9H3. The Hall–Kier alpha value is -3.92. The van der Waals surface area contributed by atoms with E-state index in [4.69, 9.17) is 19.9 Å². The van der Waals surface area contributed by atoms with Crippen LogP contribution in [0.2, 0.25) is 0 Å². The SMILES string of the molecule is CCc1cc2nc3cc4c(cc3nc2cc1C(C)C)C1(C)CCC4(C)c2cc3nc4cc(C(C)C)c(C(C)C)cc4nc3cc21. The van der Waals surface area contributed by atoms with E-state index in [9.17, 15) is 0 Å². The molecule has 0 amide bonds. The monoisotopic (exact) mass is 592 g/mol. The van der Waals surface area contributed by atoms with Gasteiger partial charge in [0, 0.05) is 10.8 Å². The number of aryl methyl sites for hydroxylation is 1. The molecule has 4 aromatic carbocycles. The van der Waals surface area contributed by atoms with Gasteiger partial charge in [0.2, 0.25) is 0 Å². The third-order valence-electron chi connectivity index (χ3n) is 11.4. The fourth-order valence-electron chi connectivity index (χ4n) is 8.63. The van der Waals surface area contributed by atoms with Crippen LogP contribution in [0.5, 0.6) is 0 Å². The third-order valence-corrected chi connectivity index (χ3v) is 11.4. The quantitative estimate of drug-likeness (QED) is 0.191. The smallest absolute Gasteiger partial charge is 0.0897 e. The molecule has 4 heteroatoms. The van der Waals surface area contributed by atoms with Gasteiger partial charge in [-0.2, -0.15) is 0 Å². The van der Waals surface area contributed by atoms with Crippen molar-refractivity contribution in [2.45, 2.75) is 110 Å². The summed E-state index contributed by atoms with van der Waals surface area (Å²) in [6, 6.07) is 18.6. The van der Waals surface area contributed by atoms with Crippen LogP contribution in [0.15, 0.2) is 48.5 Å². The molecule has 0 saturated carbocycles. The maximum absolute atomic E-state index is 5.26. The second kappa shape index (κ2) is 9.55. The first-order valence-corrected chi connectivity index (χ1v) is 17.0. The minimum absolute atomic E-state index is 0.112. The van der Waals surface area contributed by atoms with Crippen molar-refractivity contribution < 1.29 is 0 Å². The van der Waals surface area contributed by atoms with E-state index < -0.39 is 0 Å².